The molecule has 3 heteroatoms. The van der Waals surface area contributed by atoms with E-state index in [0.29, 0.717) is 0 Å². The fourth-order valence-corrected chi connectivity index (χ4v) is 1.57. The molecule has 0 fully saturated rings. The monoisotopic (exact) mass is 190 g/mol. The summed E-state index contributed by atoms with van der Waals surface area (Å²) < 4.78 is 5.02. The third-order valence-electron chi connectivity index (χ3n) is 2.32. The molecule has 0 amide bonds. The summed E-state index contributed by atoms with van der Waals surface area (Å²) in [5, 5.41) is 8.11. The van der Waals surface area contributed by atoms with Crippen LogP contribution in [0.3, 0.4) is 0 Å². The molecule has 0 atom stereocenters. The Morgan fingerprint density at radius 1 is 1.43 bits per heavy atom. The Kier molecular flexibility index (Phi) is 2.79. The fourth-order valence-electron chi connectivity index (χ4n) is 1.57. The first kappa shape index (κ1) is 9.21. The molecule has 0 spiro atoms. The smallest absolute Gasteiger partial charge is 0.0650 e. The molecule has 2 aromatic rings. The highest BCUT2D eigenvalue weighted by Crippen LogP contribution is 2.13. The van der Waals surface area contributed by atoms with Crippen LogP contribution in [0, 0.1) is 0 Å². The van der Waals surface area contributed by atoms with Gasteiger partial charge in [0.25, 0.3) is 0 Å². The number of rotatable bonds is 4. The zero-order chi connectivity index (χ0) is 9.80. The van der Waals surface area contributed by atoms with Crippen LogP contribution in [0.25, 0.3) is 10.9 Å². The summed E-state index contributed by atoms with van der Waals surface area (Å²) in [7, 11) is 1.74. The Morgan fingerprint density at radius 2 is 2.36 bits per heavy atom. The van der Waals surface area contributed by atoms with Gasteiger partial charge in [-0.15, -0.1) is 0 Å². The van der Waals surface area contributed by atoms with Gasteiger partial charge in [0.2, 0.25) is 0 Å². The zero-order valence-corrected chi connectivity index (χ0v) is 8.29. The van der Waals surface area contributed by atoms with Crippen LogP contribution < -0.4 is 0 Å². The maximum atomic E-state index is 5.02. The summed E-state index contributed by atoms with van der Waals surface area (Å²) in [5.41, 5.74) is 2.44. The Bertz CT molecular complexity index is 408. The summed E-state index contributed by atoms with van der Waals surface area (Å²) in [4.78, 5) is 0. The molecule has 74 valence electrons. The lowest BCUT2D eigenvalue weighted by molar-refractivity contribution is 0.195. The van der Waals surface area contributed by atoms with Crippen molar-refractivity contribution in [3.05, 3.63) is 30.0 Å². The summed E-state index contributed by atoms with van der Waals surface area (Å²) >= 11 is 0. The standard InChI is InChI=1S/C11H14N2O/c1-14-6-2-3-9-4-5-11-10(7-9)8-12-13-11/h4-5,7-8H,2-3,6H2,1H3,(H,12,13). The minimum atomic E-state index is 0.823. The van der Waals surface area contributed by atoms with Gasteiger partial charge in [-0.1, -0.05) is 6.07 Å². The number of aromatic amines is 1. The van der Waals surface area contributed by atoms with Gasteiger partial charge in [-0.25, -0.2) is 0 Å². The topological polar surface area (TPSA) is 37.9 Å². The van der Waals surface area contributed by atoms with E-state index >= 15 is 0 Å². The molecule has 0 aliphatic rings. The number of aryl methyl sites for hydroxylation is 1. The maximum Gasteiger partial charge on any atom is 0.0650 e. The van der Waals surface area contributed by atoms with Crippen molar-refractivity contribution in [3.8, 4) is 0 Å². The molecule has 1 heterocycles. The Balaban J connectivity index is 2.10. The number of nitrogens with one attached hydrogen (secondary N) is 1. The number of hydrogen-bond acceptors (Lipinski definition) is 2. The van der Waals surface area contributed by atoms with Gasteiger partial charge in [0.05, 0.1) is 11.7 Å². The van der Waals surface area contributed by atoms with E-state index in [4.69, 9.17) is 4.74 Å². The lowest BCUT2D eigenvalue weighted by Crippen LogP contribution is -1.92. The Labute approximate surface area is 83.1 Å². The molecule has 2 rings (SSSR count). The van der Waals surface area contributed by atoms with Crippen LogP contribution in [0.4, 0.5) is 0 Å². The Morgan fingerprint density at radius 3 is 3.21 bits per heavy atom. The third-order valence-corrected chi connectivity index (χ3v) is 2.32. The van der Waals surface area contributed by atoms with E-state index in [0.717, 1.165) is 25.0 Å². The molecule has 0 saturated heterocycles. The van der Waals surface area contributed by atoms with E-state index in [1.807, 2.05) is 6.20 Å². The number of aromatic nitrogens is 2. The lowest BCUT2D eigenvalue weighted by atomic mass is 10.1. The highest BCUT2D eigenvalue weighted by atomic mass is 16.5. The van der Waals surface area contributed by atoms with Gasteiger partial charge in [0.15, 0.2) is 0 Å². The number of nitrogens with zero attached hydrogens (tertiary/aromatic N) is 1. The van der Waals surface area contributed by atoms with Crippen molar-refractivity contribution in [2.45, 2.75) is 12.8 Å². The maximum absolute atomic E-state index is 5.02. The van der Waals surface area contributed by atoms with Crippen LogP contribution >= 0.6 is 0 Å². The quantitative estimate of drug-likeness (QED) is 0.750. The second-order valence-corrected chi connectivity index (χ2v) is 3.39. The molecule has 0 saturated carbocycles. The van der Waals surface area contributed by atoms with E-state index in [1.54, 1.807) is 7.11 Å². The predicted molar refractivity (Wildman–Crippen MR) is 56.3 cm³/mol. The highest BCUT2D eigenvalue weighted by molar-refractivity contribution is 5.78. The number of benzene rings is 1. The molecular formula is C11H14N2O. The third kappa shape index (κ3) is 1.93. The summed E-state index contributed by atoms with van der Waals surface area (Å²) in [6.07, 6.45) is 3.99. The van der Waals surface area contributed by atoms with Gasteiger partial charge in [-0.2, -0.15) is 5.10 Å². The van der Waals surface area contributed by atoms with Gasteiger partial charge in [0.1, 0.15) is 0 Å². The van der Waals surface area contributed by atoms with E-state index < -0.39 is 0 Å². The number of methoxy groups -OCH3 is 1. The first-order valence-electron chi connectivity index (χ1n) is 4.81. The van der Waals surface area contributed by atoms with Gasteiger partial charge in [0, 0.05) is 19.1 Å². The molecule has 3 nitrogen and oxygen atoms in total. The van der Waals surface area contributed by atoms with Gasteiger partial charge < -0.3 is 4.74 Å². The first-order valence-corrected chi connectivity index (χ1v) is 4.81. The largest absolute Gasteiger partial charge is 0.385 e. The molecule has 0 radical (unpaired) electrons. The first-order chi connectivity index (χ1) is 6.90. The van der Waals surface area contributed by atoms with Crippen molar-refractivity contribution >= 4 is 10.9 Å². The zero-order valence-electron chi connectivity index (χ0n) is 8.29. The second kappa shape index (κ2) is 4.24. The van der Waals surface area contributed by atoms with Gasteiger partial charge in [-0.05, 0) is 30.5 Å². The molecule has 0 bridgehead atoms. The number of H-pyrrole nitrogens is 1. The fraction of sp³-hybridized carbons (Fsp3) is 0.364. The molecular weight excluding hydrogens is 176 g/mol. The van der Waals surface area contributed by atoms with Crippen LogP contribution in [-0.2, 0) is 11.2 Å². The molecule has 0 aliphatic heterocycles. The Hall–Kier alpha value is -1.35. The van der Waals surface area contributed by atoms with Crippen molar-refractivity contribution in [1.29, 1.82) is 0 Å². The molecule has 0 unspecified atom stereocenters. The van der Waals surface area contributed by atoms with Gasteiger partial charge >= 0.3 is 0 Å². The SMILES string of the molecule is COCCCc1ccc2[nH]ncc2c1. The lowest BCUT2D eigenvalue weighted by Gasteiger charge is -2.00. The highest BCUT2D eigenvalue weighted by Gasteiger charge is 1.97. The van der Waals surface area contributed by atoms with E-state index in [1.165, 1.54) is 10.9 Å². The minimum Gasteiger partial charge on any atom is -0.385 e. The van der Waals surface area contributed by atoms with Crippen LogP contribution in [-0.4, -0.2) is 23.9 Å². The summed E-state index contributed by atoms with van der Waals surface area (Å²) in [5.74, 6) is 0. The number of hydrogen-bond donors (Lipinski definition) is 1. The minimum absolute atomic E-state index is 0.823. The van der Waals surface area contributed by atoms with Crippen molar-refractivity contribution in [3.63, 3.8) is 0 Å². The van der Waals surface area contributed by atoms with Crippen LogP contribution in [0.5, 0.6) is 0 Å². The average Bonchev–Trinajstić information content (AvgIpc) is 2.65. The predicted octanol–water partition coefficient (Wildman–Crippen LogP) is 2.14. The average molecular weight is 190 g/mol. The second-order valence-electron chi connectivity index (χ2n) is 3.39. The van der Waals surface area contributed by atoms with Crippen molar-refractivity contribution in [2.24, 2.45) is 0 Å². The molecule has 0 aliphatic carbocycles. The molecule has 14 heavy (non-hydrogen) atoms. The summed E-state index contributed by atoms with van der Waals surface area (Å²) in [6, 6.07) is 6.38. The van der Waals surface area contributed by atoms with Gasteiger partial charge in [-0.3, -0.25) is 5.10 Å². The molecule has 1 aromatic heterocycles. The van der Waals surface area contributed by atoms with Crippen molar-refractivity contribution < 1.29 is 4.74 Å². The van der Waals surface area contributed by atoms with Crippen LogP contribution in [0.2, 0.25) is 0 Å². The molecule has 1 N–H and O–H groups in total. The van der Waals surface area contributed by atoms with E-state index in [-0.39, 0.29) is 0 Å². The van der Waals surface area contributed by atoms with E-state index in [2.05, 4.69) is 28.4 Å². The van der Waals surface area contributed by atoms with Crippen LogP contribution in [0.15, 0.2) is 24.4 Å². The normalized spacial score (nSPS) is 10.9. The number of ether oxygens (including phenoxy) is 1. The van der Waals surface area contributed by atoms with Crippen LogP contribution in [0.1, 0.15) is 12.0 Å². The van der Waals surface area contributed by atoms with E-state index in [9.17, 15) is 0 Å². The van der Waals surface area contributed by atoms with Crippen molar-refractivity contribution in [1.82, 2.24) is 10.2 Å². The molecule has 1 aromatic carbocycles. The summed E-state index contributed by atoms with van der Waals surface area (Å²) in [6.45, 7) is 0.823. The van der Waals surface area contributed by atoms with Crippen molar-refractivity contribution in [2.75, 3.05) is 13.7 Å². The number of fused-ring (bicyclic) bond motifs is 1.